The van der Waals surface area contributed by atoms with Gasteiger partial charge in [-0.25, -0.2) is 8.42 Å². The molecule has 0 radical (unpaired) electrons. The van der Waals surface area contributed by atoms with Gasteiger partial charge in [0.25, 0.3) is 5.91 Å². The highest BCUT2D eigenvalue weighted by atomic mass is 32.2. The Morgan fingerprint density at radius 1 is 1.10 bits per heavy atom. The van der Waals surface area contributed by atoms with Crippen LogP contribution in [0.5, 0.6) is 0 Å². The van der Waals surface area contributed by atoms with Gasteiger partial charge >= 0.3 is 0 Å². The topological polar surface area (TPSA) is 108 Å². The second-order valence-electron chi connectivity index (χ2n) is 4.33. The molecule has 110 valence electrons. The molecule has 8 heteroatoms. The van der Waals surface area contributed by atoms with E-state index in [1.807, 2.05) is 0 Å². The number of amides is 1. The van der Waals surface area contributed by atoms with Gasteiger partial charge in [0.05, 0.1) is 6.26 Å². The second kappa shape index (κ2) is 5.80. The number of hydrogen-bond donors (Lipinski definition) is 3. The molecule has 1 aromatic carbocycles. The van der Waals surface area contributed by atoms with Crippen molar-refractivity contribution >= 4 is 27.3 Å². The summed E-state index contributed by atoms with van der Waals surface area (Å²) in [6.45, 7) is 0. The van der Waals surface area contributed by atoms with Crippen LogP contribution in [0.3, 0.4) is 0 Å². The Morgan fingerprint density at radius 3 is 2.29 bits per heavy atom. The lowest BCUT2D eigenvalue weighted by molar-refractivity contribution is 0.102. The molecule has 0 aliphatic heterocycles. The molecule has 0 saturated carbocycles. The summed E-state index contributed by atoms with van der Waals surface area (Å²) in [5.74, 6) is -0.541. The lowest BCUT2D eigenvalue weighted by atomic mass is 10.2. The number of sulfonamides is 1. The summed E-state index contributed by atoms with van der Waals surface area (Å²) in [6.07, 6.45) is 3.80. The van der Waals surface area contributed by atoms with Crippen molar-refractivity contribution in [2.45, 2.75) is 0 Å². The summed E-state index contributed by atoms with van der Waals surface area (Å²) in [4.78, 5) is 26.1. The van der Waals surface area contributed by atoms with Gasteiger partial charge in [-0.2, -0.15) is 0 Å². The number of anilines is 2. The zero-order valence-electron chi connectivity index (χ0n) is 11.1. The number of rotatable bonds is 4. The quantitative estimate of drug-likeness (QED) is 0.783. The maximum Gasteiger partial charge on any atom is 0.261 e. The Balaban J connectivity index is 2.12. The van der Waals surface area contributed by atoms with Crippen molar-refractivity contribution in [2.75, 3.05) is 16.3 Å². The number of aromatic amines is 1. The van der Waals surface area contributed by atoms with E-state index < -0.39 is 15.9 Å². The van der Waals surface area contributed by atoms with Crippen LogP contribution in [0.4, 0.5) is 11.4 Å². The van der Waals surface area contributed by atoms with Crippen molar-refractivity contribution in [1.29, 1.82) is 0 Å². The van der Waals surface area contributed by atoms with Gasteiger partial charge in [-0.05, 0) is 24.3 Å². The van der Waals surface area contributed by atoms with Crippen molar-refractivity contribution in [1.82, 2.24) is 4.98 Å². The van der Waals surface area contributed by atoms with Crippen molar-refractivity contribution in [2.24, 2.45) is 0 Å². The van der Waals surface area contributed by atoms with Gasteiger partial charge in [0.2, 0.25) is 10.0 Å². The maximum absolute atomic E-state index is 11.9. The first-order valence-corrected chi connectivity index (χ1v) is 7.80. The van der Waals surface area contributed by atoms with Crippen LogP contribution in [-0.4, -0.2) is 25.6 Å². The number of H-pyrrole nitrogens is 1. The summed E-state index contributed by atoms with van der Waals surface area (Å²) in [7, 11) is -3.34. The molecule has 0 bridgehead atoms. The molecule has 2 aromatic rings. The summed E-state index contributed by atoms with van der Waals surface area (Å²) < 4.78 is 24.4. The van der Waals surface area contributed by atoms with Gasteiger partial charge in [0, 0.05) is 29.8 Å². The molecule has 0 atom stereocenters. The third-order valence-corrected chi connectivity index (χ3v) is 3.12. The smallest absolute Gasteiger partial charge is 0.261 e. The number of nitrogens with one attached hydrogen (secondary N) is 3. The maximum atomic E-state index is 11.9. The minimum atomic E-state index is -3.34. The molecule has 7 nitrogen and oxygen atoms in total. The molecule has 0 spiro atoms. The summed E-state index contributed by atoms with van der Waals surface area (Å²) in [5, 5.41) is 2.55. The van der Waals surface area contributed by atoms with E-state index in [-0.39, 0.29) is 11.0 Å². The van der Waals surface area contributed by atoms with E-state index in [4.69, 9.17) is 0 Å². The van der Waals surface area contributed by atoms with Crippen LogP contribution >= 0.6 is 0 Å². The average molecular weight is 307 g/mol. The van der Waals surface area contributed by atoms with Crippen molar-refractivity contribution in [3.8, 4) is 0 Å². The summed E-state index contributed by atoms with van der Waals surface area (Å²) >= 11 is 0. The molecular formula is C13H13N3O4S. The van der Waals surface area contributed by atoms with Crippen LogP contribution < -0.4 is 15.5 Å². The van der Waals surface area contributed by atoms with Crippen LogP contribution in [0.2, 0.25) is 0 Å². The molecule has 1 aromatic heterocycles. The van der Waals surface area contributed by atoms with E-state index in [9.17, 15) is 18.0 Å². The van der Waals surface area contributed by atoms with Crippen LogP contribution in [0.1, 0.15) is 10.4 Å². The van der Waals surface area contributed by atoms with Gasteiger partial charge in [-0.1, -0.05) is 0 Å². The van der Waals surface area contributed by atoms with Crippen LogP contribution in [0.15, 0.2) is 47.5 Å². The highest BCUT2D eigenvalue weighted by Gasteiger charge is 2.09. The highest BCUT2D eigenvalue weighted by molar-refractivity contribution is 7.92. The van der Waals surface area contributed by atoms with Gasteiger partial charge < -0.3 is 10.3 Å². The Kier molecular flexibility index (Phi) is 4.08. The Bertz CT molecular complexity index is 810. The van der Waals surface area contributed by atoms with Crippen LogP contribution in [0.25, 0.3) is 0 Å². The lowest BCUT2D eigenvalue weighted by Gasteiger charge is -2.07. The molecule has 0 aliphatic carbocycles. The van der Waals surface area contributed by atoms with E-state index in [0.29, 0.717) is 11.4 Å². The number of carbonyl (C=O) groups excluding carboxylic acids is 1. The number of hydrogen-bond acceptors (Lipinski definition) is 4. The molecule has 3 N–H and O–H groups in total. The van der Waals surface area contributed by atoms with E-state index in [0.717, 1.165) is 6.26 Å². The van der Waals surface area contributed by atoms with Gasteiger partial charge in [0.15, 0.2) is 5.43 Å². The number of pyridine rings is 1. The minimum Gasteiger partial charge on any atom is -0.367 e. The van der Waals surface area contributed by atoms with E-state index in [1.165, 1.54) is 42.7 Å². The Morgan fingerprint density at radius 2 is 1.71 bits per heavy atom. The third-order valence-electron chi connectivity index (χ3n) is 2.51. The SMILES string of the molecule is CS(=O)(=O)Nc1ccc(NC(=O)c2c[nH]ccc2=O)cc1. The van der Waals surface area contributed by atoms with Gasteiger partial charge in [0.1, 0.15) is 5.56 Å². The minimum absolute atomic E-state index is 0.00385. The first-order chi connectivity index (χ1) is 9.85. The number of benzene rings is 1. The Hall–Kier alpha value is -2.61. The first-order valence-electron chi connectivity index (χ1n) is 5.91. The lowest BCUT2D eigenvalue weighted by Crippen LogP contribution is -2.20. The molecule has 2 rings (SSSR count). The van der Waals surface area contributed by atoms with Crippen LogP contribution in [0, 0.1) is 0 Å². The highest BCUT2D eigenvalue weighted by Crippen LogP contribution is 2.14. The monoisotopic (exact) mass is 307 g/mol. The molecular weight excluding hydrogens is 294 g/mol. The summed E-state index contributed by atoms with van der Waals surface area (Å²) in [5.41, 5.74) is 0.438. The largest absolute Gasteiger partial charge is 0.367 e. The van der Waals surface area contributed by atoms with Crippen molar-refractivity contribution in [3.05, 3.63) is 58.5 Å². The average Bonchev–Trinajstić information content (AvgIpc) is 2.40. The first kappa shape index (κ1) is 14.8. The molecule has 1 amide bonds. The van der Waals surface area contributed by atoms with E-state index in [1.54, 1.807) is 0 Å². The molecule has 1 heterocycles. The predicted molar refractivity (Wildman–Crippen MR) is 79.9 cm³/mol. The molecule has 21 heavy (non-hydrogen) atoms. The molecule has 0 unspecified atom stereocenters. The molecule has 0 aliphatic rings. The zero-order chi connectivity index (χ0) is 15.5. The molecule has 0 saturated heterocycles. The third kappa shape index (κ3) is 4.18. The van der Waals surface area contributed by atoms with Crippen molar-refractivity contribution in [3.63, 3.8) is 0 Å². The fraction of sp³-hybridized carbons (Fsp3) is 0.0769. The zero-order valence-corrected chi connectivity index (χ0v) is 11.9. The standard InChI is InChI=1S/C13H13N3O4S/c1-21(19,20)16-10-4-2-9(3-5-10)15-13(18)11-8-14-7-6-12(11)17/h2-8,16H,1H3,(H,14,17)(H,15,18). The number of aromatic nitrogens is 1. The summed E-state index contributed by atoms with van der Waals surface area (Å²) in [6, 6.07) is 7.33. The fourth-order valence-electron chi connectivity index (χ4n) is 1.63. The molecule has 0 fully saturated rings. The number of carbonyl (C=O) groups is 1. The van der Waals surface area contributed by atoms with E-state index >= 15 is 0 Å². The van der Waals surface area contributed by atoms with Crippen LogP contribution in [-0.2, 0) is 10.0 Å². The van der Waals surface area contributed by atoms with Gasteiger partial charge in [-0.15, -0.1) is 0 Å². The van der Waals surface area contributed by atoms with E-state index in [2.05, 4.69) is 15.0 Å². The predicted octanol–water partition coefficient (Wildman–Crippen LogP) is 0.999. The fourth-order valence-corrected chi connectivity index (χ4v) is 2.19. The normalized spacial score (nSPS) is 10.9. The van der Waals surface area contributed by atoms with Crippen molar-refractivity contribution < 1.29 is 13.2 Å². The van der Waals surface area contributed by atoms with Gasteiger partial charge in [-0.3, -0.25) is 14.3 Å². The second-order valence-corrected chi connectivity index (χ2v) is 6.08. The Labute approximate surface area is 121 Å².